The van der Waals surface area contributed by atoms with Gasteiger partial charge in [0, 0.05) is 5.56 Å². The number of halogens is 1. The summed E-state index contributed by atoms with van der Waals surface area (Å²) in [4.78, 5) is 11.7. The molecule has 0 aliphatic rings. The zero-order valence-electron chi connectivity index (χ0n) is 9.21. The van der Waals surface area contributed by atoms with Crippen LogP contribution < -0.4 is 0 Å². The van der Waals surface area contributed by atoms with Crippen LogP contribution in [0.15, 0.2) is 18.2 Å². The minimum Gasteiger partial charge on any atom is -0.293 e. The maximum atomic E-state index is 12.8. The fraction of sp³-hybridized carbons (Fsp3) is 0.417. The lowest BCUT2D eigenvalue weighted by Crippen LogP contribution is -2.07. The van der Waals surface area contributed by atoms with Crippen LogP contribution in [0.3, 0.4) is 0 Å². The van der Waals surface area contributed by atoms with Crippen molar-refractivity contribution >= 4 is 17.5 Å². The number of carbonyl (C=O) groups is 1. The molecule has 0 aromatic heterocycles. The van der Waals surface area contributed by atoms with Gasteiger partial charge in [0.2, 0.25) is 0 Å². The number of carbonyl (C=O) groups excluding carboxylic acids is 1. The van der Waals surface area contributed by atoms with Gasteiger partial charge in [-0.1, -0.05) is 13.8 Å². The normalized spacial score (nSPS) is 10.7. The van der Waals surface area contributed by atoms with E-state index >= 15 is 0 Å². The smallest absolute Gasteiger partial charge is 0.172 e. The Morgan fingerprint density at radius 3 is 2.67 bits per heavy atom. The first-order valence-corrected chi connectivity index (χ1v) is 5.96. The summed E-state index contributed by atoms with van der Waals surface area (Å²) in [5.41, 5.74) is 1.34. The van der Waals surface area contributed by atoms with Gasteiger partial charge >= 0.3 is 0 Å². The van der Waals surface area contributed by atoms with Crippen molar-refractivity contribution in [2.75, 3.05) is 5.75 Å². The van der Waals surface area contributed by atoms with Gasteiger partial charge in [0.1, 0.15) is 5.82 Å². The highest BCUT2D eigenvalue weighted by Gasteiger charge is 2.10. The molecule has 1 aromatic rings. The van der Waals surface area contributed by atoms with E-state index in [0.717, 1.165) is 0 Å². The molecular weight excluding hydrogens is 211 g/mol. The first-order valence-electron chi connectivity index (χ1n) is 4.91. The predicted molar refractivity (Wildman–Crippen MR) is 63.1 cm³/mol. The molecule has 0 aliphatic carbocycles. The van der Waals surface area contributed by atoms with Gasteiger partial charge in [-0.3, -0.25) is 4.79 Å². The van der Waals surface area contributed by atoms with E-state index in [0.29, 0.717) is 22.1 Å². The van der Waals surface area contributed by atoms with Crippen molar-refractivity contribution in [3.05, 3.63) is 35.1 Å². The Morgan fingerprint density at radius 1 is 1.47 bits per heavy atom. The summed E-state index contributed by atoms with van der Waals surface area (Å²) in [5, 5.41) is 0.440. The molecule has 0 atom stereocenters. The van der Waals surface area contributed by atoms with E-state index in [2.05, 4.69) is 13.8 Å². The van der Waals surface area contributed by atoms with Crippen LogP contribution in [0, 0.1) is 12.7 Å². The number of hydrogen-bond acceptors (Lipinski definition) is 2. The lowest BCUT2D eigenvalue weighted by molar-refractivity contribution is 0.102. The Kier molecular flexibility index (Phi) is 4.33. The molecular formula is C12H15FOS. The second-order valence-corrected chi connectivity index (χ2v) is 5.31. The summed E-state index contributed by atoms with van der Waals surface area (Å²) in [6, 6.07) is 4.29. The molecule has 0 saturated carbocycles. The van der Waals surface area contributed by atoms with Crippen LogP contribution in [0.5, 0.6) is 0 Å². The summed E-state index contributed by atoms with van der Waals surface area (Å²) >= 11 is 1.60. The average molecular weight is 226 g/mol. The van der Waals surface area contributed by atoms with E-state index in [1.807, 2.05) is 0 Å². The van der Waals surface area contributed by atoms with Crippen molar-refractivity contribution in [3.63, 3.8) is 0 Å². The molecule has 0 N–H and O–H groups in total. The minimum atomic E-state index is -0.291. The van der Waals surface area contributed by atoms with Crippen LogP contribution in [0.25, 0.3) is 0 Å². The number of benzene rings is 1. The van der Waals surface area contributed by atoms with Crippen molar-refractivity contribution < 1.29 is 9.18 Å². The van der Waals surface area contributed by atoms with Crippen molar-refractivity contribution in [1.82, 2.24) is 0 Å². The molecule has 0 radical (unpaired) electrons. The summed E-state index contributed by atoms with van der Waals surface area (Å²) < 4.78 is 12.8. The van der Waals surface area contributed by atoms with E-state index < -0.39 is 0 Å². The van der Waals surface area contributed by atoms with E-state index in [9.17, 15) is 9.18 Å². The second-order valence-electron chi connectivity index (χ2n) is 3.74. The summed E-state index contributed by atoms with van der Waals surface area (Å²) in [6.07, 6.45) is 0. The molecule has 0 aliphatic heterocycles. The molecule has 0 saturated heterocycles. The Balaban J connectivity index is 2.74. The van der Waals surface area contributed by atoms with Gasteiger partial charge in [-0.2, -0.15) is 11.8 Å². The maximum absolute atomic E-state index is 12.8. The fourth-order valence-electron chi connectivity index (χ4n) is 1.26. The SMILES string of the molecule is Cc1cc(F)ccc1C(=O)CSC(C)C. The van der Waals surface area contributed by atoms with Gasteiger partial charge in [0.05, 0.1) is 5.75 Å². The van der Waals surface area contributed by atoms with Crippen molar-refractivity contribution in [3.8, 4) is 0 Å². The summed E-state index contributed by atoms with van der Waals surface area (Å²) in [6.45, 7) is 5.86. The number of thioether (sulfide) groups is 1. The highest BCUT2D eigenvalue weighted by molar-refractivity contribution is 8.00. The van der Waals surface area contributed by atoms with Crippen LogP contribution in [0.4, 0.5) is 4.39 Å². The molecule has 0 unspecified atom stereocenters. The van der Waals surface area contributed by atoms with E-state index in [1.165, 1.54) is 12.1 Å². The number of rotatable bonds is 4. The standard InChI is InChI=1S/C12H15FOS/c1-8(2)15-7-12(14)11-5-4-10(13)6-9(11)3/h4-6,8H,7H2,1-3H3. The third-order valence-electron chi connectivity index (χ3n) is 2.04. The molecule has 0 heterocycles. The molecule has 15 heavy (non-hydrogen) atoms. The Morgan fingerprint density at radius 2 is 2.13 bits per heavy atom. The molecule has 0 bridgehead atoms. The molecule has 82 valence electrons. The molecule has 1 nitrogen and oxygen atoms in total. The lowest BCUT2D eigenvalue weighted by atomic mass is 10.1. The quantitative estimate of drug-likeness (QED) is 0.731. The largest absolute Gasteiger partial charge is 0.293 e. The third kappa shape index (κ3) is 3.67. The highest BCUT2D eigenvalue weighted by Crippen LogP contribution is 2.16. The average Bonchev–Trinajstić information content (AvgIpc) is 2.14. The highest BCUT2D eigenvalue weighted by atomic mass is 32.2. The topological polar surface area (TPSA) is 17.1 Å². The van der Waals surface area contributed by atoms with Gasteiger partial charge in [0.15, 0.2) is 5.78 Å². The number of aryl methyl sites for hydroxylation is 1. The van der Waals surface area contributed by atoms with E-state index in [1.54, 1.807) is 24.8 Å². The number of Topliss-reactive ketones (excluding diaryl/α,β-unsaturated/α-hetero) is 1. The zero-order valence-corrected chi connectivity index (χ0v) is 10.0. The van der Waals surface area contributed by atoms with Crippen molar-refractivity contribution in [2.24, 2.45) is 0 Å². The Hall–Kier alpha value is -0.830. The molecule has 0 amide bonds. The summed E-state index contributed by atoms with van der Waals surface area (Å²) in [7, 11) is 0. The monoisotopic (exact) mass is 226 g/mol. The first-order chi connectivity index (χ1) is 7.00. The van der Waals surface area contributed by atoms with Crippen LogP contribution in [0.2, 0.25) is 0 Å². The van der Waals surface area contributed by atoms with Crippen molar-refractivity contribution in [1.29, 1.82) is 0 Å². The van der Waals surface area contributed by atoms with Gasteiger partial charge in [-0.05, 0) is 35.9 Å². The van der Waals surface area contributed by atoms with Gasteiger partial charge in [-0.25, -0.2) is 4.39 Å². The second kappa shape index (κ2) is 5.31. The Labute approximate surface area is 94.1 Å². The fourth-order valence-corrected chi connectivity index (χ4v) is 1.90. The van der Waals surface area contributed by atoms with Gasteiger partial charge < -0.3 is 0 Å². The number of ketones is 1. The Bertz CT molecular complexity index is 361. The van der Waals surface area contributed by atoms with E-state index in [-0.39, 0.29) is 11.6 Å². The van der Waals surface area contributed by atoms with Crippen LogP contribution in [-0.4, -0.2) is 16.8 Å². The zero-order chi connectivity index (χ0) is 11.4. The molecule has 0 fully saturated rings. The number of hydrogen-bond donors (Lipinski definition) is 0. The third-order valence-corrected chi connectivity index (χ3v) is 3.13. The first kappa shape index (κ1) is 12.2. The summed E-state index contributed by atoms with van der Waals surface area (Å²) in [5.74, 6) is 0.246. The predicted octanol–water partition coefficient (Wildman–Crippen LogP) is 3.46. The van der Waals surface area contributed by atoms with Crippen LogP contribution in [-0.2, 0) is 0 Å². The van der Waals surface area contributed by atoms with Gasteiger partial charge in [0.25, 0.3) is 0 Å². The van der Waals surface area contributed by atoms with Crippen molar-refractivity contribution in [2.45, 2.75) is 26.0 Å². The molecule has 1 rings (SSSR count). The van der Waals surface area contributed by atoms with E-state index in [4.69, 9.17) is 0 Å². The molecule has 1 aromatic carbocycles. The molecule has 0 spiro atoms. The molecule has 3 heteroatoms. The minimum absolute atomic E-state index is 0.0752. The van der Waals surface area contributed by atoms with Crippen LogP contribution in [0.1, 0.15) is 29.8 Å². The maximum Gasteiger partial charge on any atom is 0.172 e. The van der Waals surface area contributed by atoms with Crippen LogP contribution >= 0.6 is 11.8 Å². The van der Waals surface area contributed by atoms with Gasteiger partial charge in [-0.15, -0.1) is 0 Å². The lowest BCUT2D eigenvalue weighted by Gasteiger charge is -2.06.